The molecular weight excluding hydrogens is 118 g/mol. The summed E-state index contributed by atoms with van der Waals surface area (Å²) >= 11 is 0. The molecule has 9 heavy (non-hydrogen) atoms. The highest BCUT2D eigenvalue weighted by Gasteiger charge is 1.89. The van der Waals surface area contributed by atoms with Gasteiger partial charge in [-0.2, -0.15) is 4.89 Å². The Morgan fingerprint density at radius 3 is 3.11 bits per heavy atom. The lowest BCUT2D eigenvalue weighted by molar-refractivity contribution is -0.204. The van der Waals surface area contributed by atoms with Gasteiger partial charge in [0.2, 0.25) is 5.88 Å². The van der Waals surface area contributed by atoms with Crippen molar-refractivity contribution in [2.75, 3.05) is 6.61 Å². The van der Waals surface area contributed by atoms with Crippen LogP contribution in [0.5, 0.6) is 5.88 Å². The van der Waals surface area contributed by atoms with E-state index in [-0.39, 0.29) is 0 Å². The molecule has 0 saturated carbocycles. The number of hydrogen-bond donors (Lipinski definition) is 1. The Hall–Kier alpha value is -0.960. The minimum atomic E-state index is 0.555. The van der Waals surface area contributed by atoms with Gasteiger partial charge in [0.15, 0.2) is 0 Å². The van der Waals surface area contributed by atoms with Crippen molar-refractivity contribution in [3.05, 3.63) is 18.3 Å². The van der Waals surface area contributed by atoms with E-state index in [4.69, 9.17) is 4.89 Å². The number of rotatable bonds is 3. The third-order valence-electron chi connectivity index (χ3n) is 0.836. The zero-order chi connectivity index (χ0) is 6.53. The van der Waals surface area contributed by atoms with Crippen LogP contribution < -0.4 is 4.89 Å². The van der Waals surface area contributed by atoms with Gasteiger partial charge in [-0.3, -0.25) is 0 Å². The Bertz CT molecular complexity index is 148. The molecule has 1 rings (SSSR count). The van der Waals surface area contributed by atoms with Crippen molar-refractivity contribution < 1.29 is 9.78 Å². The van der Waals surface area contributed by atoms with Crippen molar-refractivity contribution >= 4 is 0 Å². The summed E-state index contributed by atoms with van der Waals surface area (Å²) in [6, 6.07) is 3.63. The van der Waals surface area contributed by atoms with E-state index >= 15 is 0 Å². The zero-order valence-corrected chi connectivity index (χ0v) is 5.26. The molecule has 0 aromatic carbocycles. The number of H-pyrrole nitrogens is 1. The van der Waals surface area contributed by atoms with Crippen molar-refractivity contribution in [1.29, 1.82) is 0 Å². The number of nitrogens with one attached hydrogen (secondary N) is 1. The van der Waals surface area contributed by atoms with Gasteiger partial charge in [-0.1, -0.05) is 0 Å². The van der Waals surface area contributed by atoms with E-state index in [0.29, 0.717) is 12.5 Å². The summed E-state index contributed by atoms with van der Waals surface area (Å²) in [5, 5.41) is 0. The first-order valence-electron chi connectivity index (χ1n) is 2.86. The highest BCUT2D eigenvalue weighted by molar-refractivity contribution is 5.08. The number of aromatic amines is 1. The molecule has 0 amide bonds. The van der Waals surface area contributed by atoms with Gasteiger partial charge in [0.05, 0.1) is 6.61 Å². The van der Waals surface area contributed by atoms with Gasteiger partial charge in [0.1, 0.15) is 0 Å². The smallest absolute Gasteiger partial charge is 0.234 e. The monoisotopic (exact) mass is 127 g/mol. The SMILES string of the molecule is CCOOc1ccc[nH]1. The first-order chi connectivity index (χ1) is 4.43. The van der Waals surface area contributed by atoms with Crippen molar-refractivity contribution in [2.24, 2.45) is 0 Å². The molecule has 0 aliphatic carbocycles. The summed E-state index contributed by atoms with van der Waals surface area (Å²) in [5.41, 5.74) is 0. The standard InChI is InChI=1S/C6H9NO2/c1-2-8-9-6-4-3-5-7-6/h3-5,7H,2H2,1H3. The van der Waals surface area contributed by atoms with Crippen LogP contribution in [0.25, 0.3) is 0 Å². The van der Waals surface area contributed by atoms with Crippen LogP contribution in [0.1, 0.15) is 6.92 Å². The van der Waals surface area contributed by atoms with E-state index < -0.39 is 0 Å². The fraction of sp³-hybridized carbons (Fsp3) is 0.333. The first kappa shape index (κ1) is 6.16. The maximum atomic E-state index is 4.74. The third kappa shape index (κ3) is 1.77. The summed E-state index contributed by atoms with van der Waals surface area (Å²) in [5.74, 6) is 0.636. The fourth-order valence-corrected chi connectivity index (χ4v) is 0.488. The average Bonchev–Trinajstić information content (AvgIpc) is 2.34. The maximum absolute atomic E-state index is 4.74. The number of aromatic nitrogens is 1. The molecular formula is C6H9NO2. The zero-order valence-electron chi connectivity index (χ0n) is 5.26. The molecule has 0 unspecified atom stereocenters. The van der Waals surface area contributed by atoms with Crippen LogP contribution in [-0.2, 0) is 4.89 Å². The summed E-state index contributed by atoms with van der Waals surface area (Å²) in [7, 11) is 0. The largest absolute Gasteiger partial charge is 0.330 e. The predicted molar refractivity (Wildman–Crippen MR) is 33.0 cm³/mol. The van der Waals surface area contributed by atoms with Crippen LogP contribution in [0.4, 0.5) is 0 Å². The van der Waals surface area contributed by atoms with E-state index in [1.54, 1.807) is 12.3 Å². The second-order valence-electron chi connectivity index (χ2n) is 1.52. The van der Waals surface area contributed by atoms with Gasteiger partial charge in [-0.15, -0.1) is 0 Å². The van der Waals surface area contributed by atoms with E-state index in [2.05, 4.69) is 9.87 Å². The molecule has 0 radical (unpaired) electrons. The second-order valence-corrected chi connectivity index (χ2v) is 1.52. The lowest BCUT2D eigenvalue weighted by Gasteiger charge is -1.96. The molecule has 0 saturated heterocycles. The lowest BCUT2D eigenvalue weighted by Crippen LogP contribution is -1.94. The van der Waals surface area contributed by atoms with Crippen molar-refractivity contribution in [3.8, 4) is 5.88 Å². The van der Waals surface area contributed by atoms with Crippen LogP contribution in [0.15, 0.2) is 18.3 Å². The van der Waals surface area contributed by atoms with E-state index in [1.807, 2.05) is 13.0 Å². The summed E-state index contributed by atoms with van der Waals surface area (Å²) in [6.45, 7) is 2.42. The second kappa shape index (κ2) is 3.14. The van der Waals surface area contributed by atoms with Gasteiger partial charge in [0.25, 0.3) is 0 Å². The van der Waals surface area contributed by atoms with Gasteiger partial charge in [-0.25, -0.2) is 0 Å². The van der Waals surface area contributed by atoms with Crippen LogP contribution in [0.2, 0.25) is 0 Å². The van der Waals surface area contributed by atoms with Crippen molar-refractivity contribution in [3.63, 3.8) is 0 Å². The van der Waals surface area contributed by atoms with Crippen LogP contribution >= 0.6 is 0 Å². The molecule has 0 spiro atoms. The first-order valence-corrected chi connectivity index (χ1v) is 2.86. The Morgan fingerprint density at radius 1 is 1.67 bits per heavy atom. The normalized spacial score (nSPS) is 9.44. The van der Waals surface area contributed by atoms with Gasteiger partial charge >= 0.3 is 0 Å². The number of hydrogen-bond acceptors (Lipinski definition) is 2. The molecule has 0 aliphatic heterocycles. The van der Waals surface area contributed by atoms with E-state index in [9.17, 15) is 0 Å². The molecule has 0 fully saturated rings. The highest BCUT2D eigenvalue weighted by Crippen LogP contribution is 2.03. The predicted octanol–water partition coefficient (Wildman–Crippen LogP) is 1.34. The molecule has 1 N–H and O–H groups in total. The molecule has 1 aromatic rings. The molecule has 0 bridgehead atoms. The van der Waals surface area contributed by atoms with Crippen LogP contribution in [0, 0.1) is 0 Å². The molecule has 3 heteroatoms. The third-order valence-corrected chi connectivity index (χ3v) is 0.836. The fourth-order valence-electron chi connectivity index (χ4n) is 0.488. The minimum absolute atomic E-state index is 0.555. The summed E-state index contributed by atoms with van der Waals surface area (Å²) in [6.07, 6.45) is 1.77. The Kier molecular flexibility index (Phi) is 2.15. The van der Waals surface area contributed by atoms with E-state index in [1.165, 1.54) is 0 Å². The molecule has 0 atom stereocenters. The Morgan fingerprint density at radius 2 is 2.56 bits per heavy atom. The average molecular weight is 127 g/mol. The summed E-state index contributed by atoms with van der Waals surface area (Å²) in [4.78, 5) is 12.2. The Labute approximate surface area is 53.5 Å². The van der Waals surface area contributed by atoms with Crippen molar-refractivity contribution in [1.82, 2.24) is 4.98 Å². The summed E-state index contributed by atoms with van der Waals surface area (Å²) < 4.78 is 0. The molecule has 0 aliphatic rings. The molecule has 50 valence electrons. The lowest BCUT2D eigenvalue weighted by atomic mass is 10.7. The van der Waals surface area contributed by atoms with Gasteiger partial charge in [-0.05, 0) is 13.0 Å². The van der Waals surface area contributed by atoms with Crippen LogP contribution in [0.3, 0.4) is 0 Å². The molecule has 3 nitrogen and oxygen atoms in total. The van der Waals surface area contributed by atoms with E-state index in [0.717, 1.165) is 0 Å². The maximum Gasteiger partial charge on any atom is 0.234 e. The van der Waals surface area contributed by atoms with Crippen LogP contribution in [-0.4, -0.2) is 11.6 Å². The van der Waals surface area contributed by atoms with Crippen molar-refractivity contribution in [2.45, 2.75) is 6.92 Å². The quantitative estimate of drug-likeness (QED) is 0.491. The Balaban J connectivity index is 2.30. The topological polar surface area (TPSA) is 34.2 Å². The minimum Gasteiger partial charge on any atom is -0.330 e. The molecule has 1 aromatic heterocycles. The van der Waals surface area contributed by atoms with Gasteiger partial charge < -0.3 is 9.87 Å². The highest BCUT2D eigenvalue weighted by atomic mass is 17.2. The van der Waals surface area contributed by atoms with Gasteiger partial charge in [0, 0.05) is 12.3 Å². The molecule has 1 heterocycles.